The van der Waals surface area contributed by atoms with E-state index in [-0.39, 0.29) is 0 Å². The highest BCUT2D eigenvalue weighted by Gasteiger charge is 2.23. The smallest absolute Gasteiger partial charge is 0.134 e. The molecule has 1 saturated carbocycles. The third kappa shape index (κ3) is 4.08. The van der Waals surface area contributed by atoms with Crippen LogP contribution in [0.1, 0.15) is 57.8 Å². The summed E-state index contributed by atoms with van der Waals surface area (Å²) in [4.78, 5) is 9.37. The molecule has 0 aliphatic heterocycles. The minimum Gasteiger partial charge on any atom is -0.370 e. The van der Waals surface area contributed by atoms with Crippen LogP contribution in [0.25, 0.3) is 0 Å². The number of aromatic nitrogens is 2. The van der Waals surface area contributed by atoms with Gasteiger partial charge >= 0.3 is 0 Å². The summed E-state index contributed by atoms with van der Waals surface area (Å²) >= 11 is 0. The number of rotatable bonds is 7. The Morgan fingerprint density at radius 1 is 1.10 bits per heavy atom. The van der Waals surface area contributed by atoms with E-state index in [9.17, 15) is 0 Å². The molecule has 1 aromatic heterocycles. The molecular formula is C17H30N4. The Labute approximate surface area is 129 Å². The van der Waals surface area contributed by atoms with Crippen molar-refractivity contribution in [3.8, 4) is 0 Å². The van der Waals surface area contributed by atoms with E-state index in [1.165, 1.54) is 19.3 Å². The third-order valence-corrected chi connectivity index (χ3v) is 4.58. The van der Waals surface area contributed by atoms with Gasteiger partial charge in [-0.25, -0.2) is 9.97 Å². The van der Waals surface area contributed by atoms with Crippen LogP contribution in [0.15, 0.2) is 0 Å². The Kier molecular flexibility index (Phi) is 5.83. The number of anilines is 2. The van der Waals surface area contributed by atoms with Gasteiger partial charge in [-0.1, -0.05) is 26.7 Å². The minimum absolute atomic E-state index is 0.788. The first-order valence-electron chi connectivity index (χ1n) is 8.50. The molecule has 0 radical (unpaired) electrons. The molecule has 1 aliphatic rings. The van der Waals surface area contributed by atoms with Crippen LogP contribution in [0.4, 0.5) is 11.6 Å². The van der Waals surface area contributed by atoms with Crippen LogP contribution in [0, 0.1) is 18.8 Å². The van der Waals surface area contributed by atoms with Crippen molar-refractivity contribution in [3.63, 3.8) is 0 Å². The summed E-state index contributed by atoms with van der Waals surface area (Å²) in [5.74, 6) is 4.57. The lowest BCUT2D eigenvalue weighted by atomic mass is 9.98. The molecule has 118 valence electrons. The second-order valence-corrected chi connectivity index (χ2v) is 6.29. The number of hydrogen-bond acceptors (Lipinski definition) is 4. The Bertz CT molecular complexity index is 458. The molecule has 0 aromatic carbocycles. The fraction of sp³-hybridized carbons (Fsp3) is 0.765. The van der Waals surface area contributed by atoms with Crippen molar-refractivity contribution in [3.05, 3.63) is 11.4 Å². The van der Waals surface area contributed by atoms with Gasteiger partial charge in [-0.15, -0.1) is 0 Å². The van der Waals surface area contributed by atoms with Crippen molar-refractivity contribution in [1.29, 1.82) is 0 Å². The number of hydrogen-bond donors (Lipinski definition) is 2. The van der Waals surface area contributed by atoms with Gasteiger partial charge in [0, 0.05) is 25.1 Å². The van der Waals surface area contributed by atoms with Crippen LogP contribution in [0.3, 0.4) is 0 Å². The highest BCUT2D eigenvalue weighted by molar-refractivity contribution is 5.57. The molecule has 1 fully saturated rings. The molecule has 1 heterocycles. The lowest BCUT2D eigenvalue weighted by Gasteiger charge is -2.19. The average Bonchev–Trinajstić information content (AvgIpc) is 2.87. The molecule has 0 saturated heterocycles. The first kappa shape index (κ1) is 16.1. The van der Waals surface area contributed by atoms with Gasteiger partial charge in [-0.05, 0) is 38.5 Å². The van der Waals surface area contributed by atoms with Gasteiger partial charge < -0.3 is 10.6 Å². The third-order valence-electron chi connectivity index (χ3n) is 4.58. The maximum absolute atomic E-state index is 4.73. The van der Waals surface area contributed by atoms with Gasteiger partial charge in [-0.3, -0.25) is 0 Å². The molecule has 2 atom stereocenters. The molecule has 4 heteroatoms. The Morgan fingerprint density at radius 2 is 1.81 bits per heavy atom. The van der Waals surface area contributed by atoms with E-state index < -0.39 is 0 Å². The van der Waals surface area contributed by atoms with Crippen molar-refractivity contribution < 1.29 is 0 Å². The van der Waals surface area contributed by atoms with Crippen LogP contribution in [0.5, 0.6) is 0 Å². The summed E-state index contributed by atoms with van der Waals surface area (Å²) in [7, 11) is 0. The molecule has 0 spiro atoms. The number of aryl methyl sites for hydroxylation is 1. The number of nitrogens with one attached hydrogen (secondary N) is 2. The van der Waals surface area contributed by atoms with Crippen molar-refractivity contribution >= 4 is 11.6 Å². The lowest BCUT2D eigenvalue weighted by Crippen LogP contribution is -2.19. The monoisotopic (exact) mass is 290 g/mol. The second-order valence-electron chi connectivity index (χ2n) is 6.29. The standard InChI is InChI=1S/C17H30N4/c1-5-8-15-20-16(18-6-2)13(4)17(21-15)19-11-14-10-7-9-12(14)3/h12,14H,5-11H2,1-4H3,(H2,18,19,20,21). The van der Waals surface area contributed by atoms with Gasteiger partial charge in [0.15, 0.2) is 0 Å². The molecule has 0 amide bonds. The van der Waals surface area contributed by atoms with Crippen molar-refractivity contribution in [2.24, 2.45) is 11.8 Å². The highest BCUT2D eigenvalue weighted by Crippen LogP contribution is 2.31. The van der Waals surface area contributed by atoms with Crippen LogP contribution in [0.2, 0.25) is 0 Å². The van der Waals surface area contributed by atoms with Crippen LogP contribution >= 0.6 is 0 Å². The molecule has 2 rings (SSSR count). The zero-order chi connectivity index (χ0) is 15.2. The summed E-state index contributed by atoms with van der Waals surface area (Å²) in [6.07, 6.45) is 6.11. The fourth-order valence-electron chi connectivity index (χ4n) is 3.16. The first-order valence-corrected chi connectivity index (χ1v) is 8.50. The van der Waals surface area contributed by atoms with E-state index in [4.69, 9.17) is 4.98 Å². The van der Waals surface area contributed by atoms with Gasteiger partial charge in [0.05, 0.1) is 0 Å². The van der Waals surface area contributed by atoms with E-state index in [0.29, 0.717) is 0 Å². The Balaban J connectivity index is 2.12. The topological polar surface area (TPSA) is 49.8 Å². The molecule has 2 unspecified atom stereocenters. The fourth-order valence-corrected chi connectivity index (χ4v) is 3.16. The summed E-state index contributed by atoms with van der Waals surface area (Å²) in [6, 6.07) is 0. The van der Waals surface area contributed by atoms with E-state index in [1.54, 1.807) is 0 Å². The molecule has 1 aliphatic carbocycles. The highest BCUT2D eigenvalue weighted by atomic mass is 15.1. The summed E-state index contributed by atoms with van der Waals surface area (Å²) in [6.45, 7) is 10.7. The summed E-state index contributed by atoms with van der Waals surface area (Å²) in [5.41, 5.74) is 1.14. The van der Waals surface area contributed by atoms with Crippen LogP contribution < -0.4 is 10.6 Å². The van der Waals surface area contributed by atoms with Crippen LogP contribution in [-0.4, -0.2) is 23.1 Å². The largest absolute Gasteiger partial charge is 0.370 e. The normalized spacial score (nSPS) is 21.5. The quantitative estimate of drug-likeness (QED) is 0.796. The maximum atomic E-state index is 4.73. The molecule has 0 bridgehead atoms. The van der Waals surface area contributed by atoms with Gasteiger partial charge in [0.1, 0.15) is 17.5 Å². The van der Waals surface area contributed by atoms with E-state index in [2.05, 4.69) is 43.3 Å². The van der Waals surface area contributed by atoms with Crippen molar-refractivity contribution in [2.45, 2.75) is 59.8 Å². The summed E-state index contributed by atoms with van der Waals surface area (Å²) in [5, 5.41) is 6.95. The SMILES string of the molecule is CCCc1nc(NCC)c(C)c(NCC2CCCC2C)n1. The molecule has 2 N–H and O–H groups in total. The van der Waals surface area contributed by atoms with E-state index >= 15 is 0 Å². The lowest BCUT2D eigenvalue weighted by molar-refractivity contribution is 0.439. The zero-order valence-electron chi connectivity index (χ0n) is 14.0. The minimum atomic E-state index is 0.788. The Hall–Kier alpha value is -1.32. The Morgan fingerprint density at radius 3 is 2.38 bits per heavy atom. The van der Waals surface area contributed by atoms with E-state index in [1.807, 2.05) is 0 Å². The molecule has 4 nitrogen and oxygen atoms in total. The van der Waals surface area contributed by atoms with E-state index in [0.717, 1.165) is 60.8 Å². The molecular weight excluding hydrogens is 260 g/mol. The second kappa shape index (κ2) is 7.62. The van der Waals surface area contributed by atoms with Gasteiger partial charge in [0.25, 0.3) is 0 Å². The van der Waals surface area contributed by atoms with Gasteiger partial charge in [-0.2, -0.15) is 0 Å². The van der Waals surface area contributed by atoms with Crippen LogP contribution in [-0.2, 0) is 6.42 Å². The van der Waals surface area contributed by atoms with Gasteiger partial charge in [0.2, 0.25) is 0 Å². The molecule has 21 heavy (non-hydrogen) atoms. The summed E-state index contributed by atoms with van der Waals surface area (Å²) < 4.78 is 0. The molecule has 1 aromatic rings. The number of nitrogens with zero attached hydrogens (tertiary/aromatic N) is 2. The van der Waals surface area contributed by atoms with Crippen molar-refractivity contribution in [1.82, 2.24) is 9.97 Å². The zero-order valence-corrected chi connectivity index (χ0v) is 14.0. The first-order chi connectivity index (χ1) is 10.2. The average molecular weight is 290 g/mol. The predicted molar refractivity (Wildman–Crippen MR) is 89.9 cm³/mol. The predicted octanol–water partition coefficient (Wildman–Crippen LogP) is 4.02. The van der Waals surface area contributed by atoms with Crippen molar-refractivity contribution in [2.75, 3.05) is 23.7 Å². The maximum Gasteiger partial charge on any atom is 0.134 e.